The highest BCUT2D eigenvalue weighted by Crippen LogP contribution is 2.29. The minimum Gasteiger partial charge on any atom is -0.390 e. The number of benzene rings is 2. The highest BCUT2D eigenvalue weighted by Gasteiger charge is 2.46. The van der Waals surface area contributed by atoms with Crippen LogP contribution in [0, 0.1) is 0 Å². The Labute approximate surface area is 166 Å². The Morgan fingerprint density at radius 1 is 0.750 bits per heavy atom. The van der Waals surface area contributed by atoms with E-state index in [1.165, 1.54) is 0 Å². The monoisotopic (exact) mass is 384 g/mol. The van der Waals surface area contributed by atoms with Gasteiger partial charge in [-0.25, -0.2) is 0 Å². The molecule has 1 aliphatic carbocycles. The van der Waals surface area contributed by atoms with Crippen LogP contribution in [-0.4, -0.2) is 47.3 Å². The van der Waals surface area contributed by atoms with Crippen molar-refractivity contribution in [1.82, 2.24) is 0 Å². The zero-order valence-corrected chi connectivity index (χ0v) is 15.9. The normalized spacial score (nSPS) is 27.4. The fourth-order valence-electron chi connectivity index (χ4n) is 3.45. The molecule has 5 heteroatoms. The number of aliphatic hydroxyl groups is 2. The quantitative estimate of drug-likeness (QED) is 0.651. The highest BCUT2D eigenvalue weighted by atomic mass is 16.6. The van der Waals surface area contributed by atoms with Gasteiger partial charge in [-0.1, -0.05) is 66.7 Å². The average molecular weight is 384 g/mol. The highest BCUT2D eigenvalue weighted by molar-refractivity contribution is 5.14. The molecule has 5 atom stereocenters. The molecule has 0 aromatic heterocycles. The summed E-state index contributed by atoms with van der Waals surface area (Å²) in [5, 5.41) is 21.1. The predicted molar refractivity (Wildman–Crippen MR) is 107 cm³/mol. The zero-order valence-electron chi connectivity index (χ0n) is 15.9. The van der Waals surface area contributed by atoms with Crippen molar-refractivity contribution in [3.8, 4) is 0 Å². The van der Waals surface area contributed by atoms with Gasteiger partial charge in [-0.15, -0.1) is 6.58 Å². The number of rotatable bonds is 9. The molecule has 0 radical (unpaired) electrons. The summed E-state index contributed by atoms with van der Waals surface area (Å²) < 4.78 is 18.0. The molecule has 0 amide bonds. The van der Waals surface area contributed by atoms with Crippen molar-refractivity contribution in [2.45, 2.75) is 50.2 Å². The van der Waals surface area contributed by atoms with Gasteiger partial charge < -0.3 is 24.4 Å². The van der Waals surface area contributed by atoms with Crippen molar-refractivity contribution < 1.29 is 24.4 Å². The van der Waals surface area contributed by atoms with Crippen LogP contribution in [0.1, 0.15) is 17.5 Å². The van der Waals surface area contributed by atoms with Crippen LogP contribution in [0.25, 0.3) is 0 Å². The number of aliphatic hydroxyl groups excluding tert-OH is 2. The summed E-state index contributed by atoms with van der Waals surface area (Å²) in [6.07, 6.45) is -1.70. The molecule has 0 saturated heterocycles. The van der Waals surface area contributed by atoms with Crippen molar-refractivity contribution in [2.75, 3.05) is 6.61 Å². The van der Waals surface area contributed by atoms with E-state index in [0.29, 0.717) is 13.2 Å². The molecule has 2 N–H and O–H groups in total. The van der Waals surface area contributed by atoms with Crippen molar-refractivity contribution in [3.05, 3.63) is 84.4 Å². The smallest absolute Gasteiger partial charge is 0.115 e. The minimum atomic E-state index is -0.844. The predicted octanol–water partition coefficient (Wildman–Crippen LogP) is 2.85. The summed E-state index contributed by atoms with van der Waals surface area (Å²) in [7, 11) is 0. The molecule has 3 rings (SSSR count). The third-order valence-electron chi connectivity index (χ3n) is 4.87. The van der Waals surface area contributed by atoms with Crippen molar-refractivity contribution in [2.24, 2.45) is 0 Å². The molecule has 1 saturated carbocycles. The second-order valence-corrected chi connectivity index (χ2v) is 6.98. The van der Waals surface area contributed by atoms with E-state index in [1.54, 1.807) is 6.08 Å². The third kappa shape index (κ3) is 5.50. The first-order valence-corrected chi connectivity index (χ1v) is 9.58. The molecule has 0 unspecified atom stereocenters. The molecule has 5 nitrogen and oxygen atoms in total. The lowest BCUT2D eigenvalue weighted by Gasteiger charge is -2.42. The molecule has 1 fully saturated rings. The van der Waals surface area contributed by atoms with E-state index in [0.717, 1.165) is 11.1 Å². The zero-order chi connectivity index (χ0) is 19.8. The van der Waals surface area contributed by atoms with Gasteiger partial charge in [-0.05, 0) is 11.1 Å². The Bertz CT molecular complexity index is 705. The van der Waals surface area contributed by atoms with Gasteiger partial charge in [0, 0.05) is 6.42 Å². The van der Waals surface area contributed by atoms with Gasteiger partial charge in [0.1, 0.15) is 18.3 Å². The third-order valence-corrected chi connectivity index (χ3v) is 4.87. The van der Waals surface area contributed by atoms with E-state index in [9.17, 15) is 10.2 Å². The fourth-order valence-corrected chi connectivity index (χ4v) is 3.45. The Morgan fingerprint density at radius 2 is 1.21 bits per heavy atom. The maximum Gasteiger partial charge on any atom is 0.115 e. The lowest BCUT2D eigenvalue weighted by molar-refractivity contribution is -0.226. The second-order valence-electron chi connectivity index (χ2n) is 6.98. The maximum atomic E-state index is 10.6. The molecule has 0 aliphatic heterocycles. The van der Waals surface area contributed by atoms with Crippen molar-refractivity contribution >= 4 is 0 Å². The molecular weight excluding hydrogens is 356 g/mol. The molecule has 150 valence electrons. The standard InChI is InChI=1S/C23H28O5/c1-2-13-26-21-19(24)14-20(25)22(27-15-17-9-5-3-6-10-17)23(21)28-16-18-11-7-4-8-12-18/h2-12,19-25H,1,13-16H2/t19-,20+,21-,22+,23+/m1/s1. The molecule has 0 spiro atoms. The van der Waals surface area contributed by atoms with E-state index in [4.69, 9.17) is 14.2 Å². The summed E-state index contributed by atoms with van der Waals surface area (Å²) in [4.78, 5) is 0. The van der Waals surface area contributed by atoms with E-state index >= 15 is 0 Å². The van der Waals surface area contributed by atoms with Crippen LogP contribution in [0.15, 0.2) is 73.3 Å². The van der Waals surface area contributed by atoms with E-state index < -0.39 is 30.5 Å². The molecule has 28 heavy (non-hydrogen) atoms. The van der Waals surface area contributed by atoms with Gasteiger partial charge in [0.2, 0.25) is 0 Å². The summed E-state index contributed by atoms with van der Waals surface area (Å²) in [5.41, 5.74) is 2.01. The minimum absolute atomic E-state index is 0.173. The van der Waals surface area contributed by atoms with Crippen molar-refractivity contribution in [3.63, 3.8) is 0 Å². The van der Waals surface area contributed by atoms with Crippen LogP contribution in [0.3, 0.4) is 0 Å². The molecule has 0 bridgehead atoms. The fraction of sp³-hybridized carbons (Fsp3) is 0.391. The van der Waals surface area contributed by atoms with Crippen LogP contribution in [0.4, 0.5) is 0 Å². The lowest BCUT2D eigenvalue weighted by Crippen LogP contribution is -2.58. The van der Waals surface area contributed by atoms with E-state index in [1.807, 2.05) is 60.7 Å². The number of hydrogen-bond acceptors (Lipinski definition) is 5. The lowest BCUT2D eigenvalue weighted by atomic mass is 9.86. The Kier molecular flexibility index (Phi) is 7.77. The topological polar surface area (TPSA) is 68.2 Å². The molecule has 0 heterocycles. The van der Waals surface area contributed by atoms with Crippen LogP contribution in [-0.2, 0) is 27.4 Å². The van der Waals surface area contributed by atoms with E-state index in [2.05, 4.69) is 6.58 Å². The number of ether oxygens (including phenoxy) is 3. The summed E-state index contributed by atoms with van der Waals surface area (Å²) in [6, 6.07) is 19.5. The average Bonchev–Trinajstić information content (AvgIpc) is 2.72. The summed E-state index contributed by atoms with van der Waals surface area (Å²) >= 11 is 0. The first-order valence-electron chi connectivity index (χ1n) is 9.58. The molecule has 2 aromatic carbocycles. The van der Waals surface area contributed by atoms with Crippen LogP contribution < -0.4 is 0 Å². The maximum absolute atomic E-state index is 10.6. The van der Waals surface area contributed by atoms with Gasteiger partial charge in [0.05, 0.1) is 32.0 Å². The summed E-state index contributed by atoms with van der Waals surface area (Å²) in [5.74, 6) is 0. The van der Waals surface area contributed by atoms with Crippen LogP contribution in [0.2, 0.25) is 0 Å². The first-order chi connectivity index (χ1) is 13.7. The summed E-state index contributed by atoms with van der Waals surface area (Å²) in [6.45, 7) is 4.64. The largest absolute Gasteiger partial charge is 0.390 e. The van der Waals surface area contributed by atoms with Crippen LogP contribution >= 0.6 is 0 Å². The number of hydrogen-bond donors (Lipinski definition) is 2. The molecule has 2 aromatic rings. The van der Waals surface area contributed by atoms with E-state index in [-0.39, 0.29) is 13.0 Å². The second kappa shape index (κ2) is 10.5. The van der Waals surface area contributed by atoms with Crippen molar-refractivity contribution in [1.29, 1.82) is 0 Å². The van der Waals surface area contributed by atoms with Gasteiger partial charge in [-0.3, -0.25) is 0 Å². The van der Waals surface area contributed by atoms with Gasteiger partial charge in [0.25, 0.3) is 0 Å². The van der Waals surface area contributed by atoms with Gasteiger partial charge >= 0.3 is 0 Å². The Hall–Kier alpha value is -2.02. The van der Waals surface area contributed by atoms with Crippen LogP contribution in [0.5, 0.6) is 0 Å². The first kappa shape index (κ1) is 20.7. The Morgan fingerprint density at radius 3 is 1.71 bits per heavy atom. The van der Waals surface area contributed by atoms with Gasteiger partial charge in [-0.2, -0.15) is 0 Å². The molecule has 1 aliphatic rings. The Balaban J connectivity index is 1.74. The molecular formula is C23H28O5. The SMILES string of the molecule is C=CCO[C@H]1[C@H](OCc2ccccc2)[C@@H](OCc2ccccc2)[C@@H](O)C[C@H]1O. The van der Waals surface area contributed by atoms with Gasteiger partial charge in [0.15, 0.2) is 0 Å².